The lowest BCUT2D eigenvalue weighted by Crippen LogP contribution is -2.38. The van der Waals surface area contributed by atoms with E-state index in [4.69, 9.17) is 5.73 Å². The molecule has 1 rings (SSSR count). The van der Waals surface area contributed by atoms with Gasteiger partial charge in [-0.25, -0.2) is 4.98 Å². The van der Waals surface area contributed by atoms with Crippen LogP contribution < -0.4 is 11.1 Å². The van der Waals surface area contributed by atoms with E-state index in [-0.39, 0.29) is 23.1 Å². The number of nitrogen functional groups attached to an aromatic ring is 1. The molecule has 0 fully saturated rings. The predicted octanol–water partition coefficient (Wildman–Crippen LogP) is 0.252. The molecule has 8 nitrogen and oxygen atoms in total. The number of amides is 1. The standard InChI is InChI=1S/C11H17N5O3/c1-7(15(2)3)5-14-11(17)8-4-10(12)13-6-9(8)16(18)19/h4,6-7H,5H2,1-3H3,(H2,12,13)(H,14,17). The van der Waals surface area contributed by atoms with Crippen molar-refractivity contribution in [3.05, 3.63) is 27.9 Å². The zero-order chi connectivity index (χ0) is 14.6. The number of pyridine rings is 1. The fourth-order valence-corrected chi connectivity index (χ4v) is 1.31. The number of carbonyl (C=O) groups excluding carboxylic acids is 1. The van der Waals surface area contributed by atoms with Crippen LogP contribution >= 0.6 is 0 Å². The van der Waals surface area contributed by atoms with Crippen molar-refractivity contribution in [3.63, 3.8) is 0 Å². The minimum Gasteiger partial charge on any atom is -0.384 e. The van der Waals surface area contributed by atoms with Gasteiger partial charge >= 0.3 is 0 Å². The van der Waals surface area contributed by atoms with Gasteiger partial charge in [0, 0.05) is 12.6 Å². The van der Waals surface area contributed by atoms with Crippen LogP contribution in [0, 0.1) is 10.1 Å². The molecule has 19 heavy (non-hydrogen) atoms. The molecule has 1 heterocycles. The number of anilines is 1. The third kappa shape index (κ3) is 3.88. The van der Waals surface area contributed by atoms with Crippen LogP contribution in [0.3, 0.4) is 0 Å². The smallest absolute Gasteiger partial charge is 0.300 e. The van der Waals surface area contributed by atoms with Crippen LogP contribution in [-0.4, -0.2) is 47.4 Å². The minimum atomic E-state index is -0.656. The summed E-state index contributed by atoms with van der Waals surface area (Å²) in [6, 6.07) is 1.32. The summed E-state index contributed by atoms with van der Waals surface area (Å²) >= 11 is 0. The largest absolute Gasteiger partial charge is 0.384 e. The van der Waals surface area contributed by atoms with E-state index in [0.717, 1.165) is 6.20 Å². The second-order valence-corrected chi connectivity index (χ2v) is 4.41. The lowest BCUT2D eigenvalue weighted by atomic mass is 10.2. The zero-order valence-corrected chi connectivity index (χ0v) is 11.1. The van der Waals surface area contributed by atoms with Gasteiger partial charge < -0.3 is 16.0 Å². The molecule has 0 aromatic carbocycles. The van der Waals surface area contributed by atoms with E-state index in [2.05, 4.69) is 10.3 Å². The monoisotopic (exact) mass is 267 g/mol. The van der Waals surface area contributed by atoms with Gasteiger partial charge in [0.1, 0.15) is 17.6 Å². The van der Waals surface area contributed by atoms with Crippen molar-refractivity contribution in [2.24, 2.45) is 0 Å². The van der Waals surface area contributed by atoms with Gasteiger partial charge in [0.15, 0.2) is 0 Å². The summed E-state index contributed by atoms with van der Waals surface area (Å²) in [6.07, 6.45) is 0.986. The number of nitrogens with two attached hydrogens (primary N) is 1. The highest BCUT2D eigenvalue weighted by Gasteiger charge is 2.21. The topological polar surface area (TPSA) is 114 Å². The number of hydrogen-bond donors (Lipinski definition) is 2. The molecule has 1 atom stereocenters. The van der Waals surface area contributed by atoms with Crippen LogP contribution in [0.4, 0.5) is 11.5 Å². The minimum absolute atomic E-state index is 0.0661. The van der Waals surface area contributed by atoms with E-state index in [1.807, 2.05) is 25.9 Å². The van der Waals surface area contributed by atoms with Crippen LogP contribution in [0.1, 0.15) is 17.3 Å². The SMILES string of the molecule is CC(CNC(=O)c1cc(N)ncc1[N+](=O)[O-])N(C)C. The highest BCUT2D eigenvalue weighted by Crippen LogP contribution is 2.18. The van der Waals surface area contributed by atoms with E-state index in [0.29, 0.717) is 6.54 Å². The van der Waals surface area contributed by atoms with Gasteiger partial charge in [-0.3, -0.25) is 14.9 Å². The van der Waals surface area contributed by atoms with Gasteiger partial charge in [-0.2, -0.15) is 0 Å². The van der Waals surface area contributed by atoms with Crippen molar-refractivity contribution in [2.75, 3.05) is 26.4 Å². The number of aromatic nitrogens is 1. The van der Waals surface area contributed by atoms with E-state index >= 15 is 0 Å². The molecule has 0 bridgehead atoms. The molecule has 0 saturated carbocycles. The Bertz CT molecular complexity index is 489. The molecule has 1 aromatic rings. The van der Waals surface area contributed by atoms with Gasteiger partial charge in [-0.05, 0) is 27.1 Å². The zero-order valence-electron chi connectivity index (χ0n) is 11.1. The van der Waals surface area contributed by atoms with Crippen molar-refractivity contribution < 1.29 is 9.72 Å². The first-order valence-corrected chi connectivity index (χ1v) is 5.67. The number of nitrogens with zero attached hydrogens (tertiary/aromatic N) is 3. The molecule has 0 radical (unpaired) electrons. The number of hydrogen-bond acceptors (Lipinski definition) is 6. The van der Waals surface area contributed by atoms with Crippen LogP contribution in [0.25, 0.3) is 0 Å². The Kier molecular flexibility index (Phi) is 4.76. The first-order valence-electron chi connectivity index (χ1n) is 5.67. The van der Waals surface area contributed by atoms with Gasteiger partial charge in [-0.15, -0.1) is 0 Å². The lowest BCUT2D eigenvalue weighted by Gasteiger charge is -2.19. The lowest BCUT2D eigenvalue weighted by molar-refractivity contribution is -0.385. The van der Waals surface area contributed by atoms with Gasteiger partial charge in [-0.1, -0.05) is 0 Å². The van der Waals surface area contributed by atoms with Crippen molar-refractivity contribution in [2.45, 2.75) is 13.0 Å². The number of carbonyl (C=O) groups is 1. The van der Waals surface area contributed by atoms with E-state index in [1.54, 1.807) is 0 Å². The highest BCUT2D eigenvalue weighted by atomic mass is 16.6. The first-order chi connectivity index (χ1) is 8.82. The Morgan fingerprint density at radius 1 is 1.63 bits per heavy atom. The molecule has 0 aliphatic heterocycles. The number of rotatable bonds is 5. The molecule has 3 N–H and O–H groups in total. The van der Waals surface area contributed by atoms with Crippen LogP contribution in [0.15, 0.2) is 12.3 Å². The van der Waals surface area contributed by atoms with Gasteiger partial charge in [0.2, 0.25) is 0 Å². The van der Waals surface area contributed by atoms with Gasteiger partial charge in [0.05, 0.1) is 4.92 Å². The van der Waals surface area contributed by atoms with Crippen molar-refractivity contribution in [3.8, 4) is 0 Å². The quantitative estimate of drug-likeness (QED) is 0.584. The molecule has 1 amide bonds. The molecule has 0 saturated heterocycles. The maximum Gasteiger partial charge on any atom is 0.300 e. The molecule has 104 valence electrons. The Hall–Kier alpha value is -2.22. The molecule has 8 heteroatoms. The summed E-state index contributed by atoms with van der Waals surface area (Å²) in [7, 11) is 3.76. The molecule has 1 aromatic heterocycles. The summed E-state index contributed by atoms with van der Waals surface area (Å²) in [5, 5.41) is 13.5. The van der Waals surface area contributed by atoms with Crippen molar-refractivity contribution in [1.29, 1.82) is 0 Å². The summed E-state index contributed by atoms with van der Waals surface area (Å²) in [4.78, 5) is 27.6. The second-order valence-electron chi connectivity index (χ2n) is 4.41. The van der Waals surface area contributed by atoms with E-state index < -0.39 is 10.8 Å². The average Bonchev–Trinajstić information content (AvgIpc) is 2.34. The maximum absolute atomic E-state index is 11.9. The molecule has 1 unspecified atom stereocenters. The Morgan fingerprint density at radius 2 is 2.26 bits per heavy atom. The van der Waals surface area contributed by atoms with Crippen LogP contribution in [0.5, 0.6) is 0 Å². The third-order valence-corrected chi connectivity index (χ3v) is 2.78. The highest BCUT2D eigenvalue weighted by molar-refractivity contribution is 5.98. The molecular weight excluding hydrogens is 250 g/mol. The Balaban J connectivity index is 2.87. The van der Waals surface area contributed by atoms with Crippen LogP contribution in [-0.2, 0) is 0 Å². The second kappa shape index (κ2) is 6.10. The average molecular weight is 267 g/mol. The van der Waals surface area contributed by atoms with Crippen LogP contribution in [0.2, 0.25) is 0 Å². The summed E-state index contributed by atoms with van der Waals surface area (Å²) < 4.78 is 0. The number of nitro groups is 1. The van der Waals surface area contributed by atoms with Gasteiger partial charge in [0.25, 0.3) is 11.6 Å². The molecule has 0 spiro atoms. The molecular formula is C11H17N5O3. The predicted molar refractivity (Wildman–Crippen MR) is 70.8 cm³/mol. The summed E-state index contributed by atoms with van der Waals surface area (Å²) in [5.41, 5.74) is 5.01. The number of nitrogens with one attached hydrogen (secondary N) is 1. The fraction of sp³-hybridized carbons (Fsp3) is 0.455. The van der Waals surface area contributed by atoms with E-state index in [1.165, 1.54) is 6.07 Å². The molecule has 0 aliphatic carbocycles. The van der Waals surface area contributed by atoms with Crippen molar-refractivity contribution in [1.82, 2.24) is 15.2 Å². The maximum atomic E-state index is 11.9. The summed E-state index contributed by atoms with van der Waals surface area (Å²) in [6.45, 7) is 2.31. The van der Waals surface area contributed by atoms with Crippen molar-refractivity contribution >= 4 is 17.4 Å². The van der Waals surface area contributed by atoms with E-state index in [9.17, 15) is 14.9 Å². The summed E-state index contributed by atoms with van der Waals surface area (Å²) in [5.74, 6) is -0.467. The number of likely N-dealkylation sites (N-methyl/N-ethyl adjacent to an activating group) is 1. The normalized spacial score (nSPS) is 12.2. The Morgan fingerprint density at radius 3 is 2.79 bits per heavy atom. The fourth-order valence-electron chi connectivity index (χ4n) is 1.31. The first kappa shape index (κ1) is 14.8. The third-order valence-electron chi connectivity index (χ3n) is 2.78. The Labute approximate surface area is 110 Å². The molecule has 0 aliphatic rings.